The van der Waals surface area contributed by atoms with Gasteiger partial charge in [0.05, 0.1) is 0 Å². The number of carboxylic acids is 1. The summed E-state index contributed by atoms with van der Waals surface area (Å²) in [6.45, 7) is 1.15. The predicted octanol–water partition coefficient (Wildman–Crippen LogP) is -0.336. The molecule has 0 aromatic carbocycles. The second-order valence-corrected chi connectivity index (χ2v) is 3.21. The van der Waals surface area contributed by atoms with E-state index in [0.717, 1.165) is 6.07 Å². The van der Waals surface area contributed by atoms with Crippen molar-refractivity contribution in [1.29, 1.82) is 0 Å². The van der Waals surface area contributed by atoms with Crippen molar-refractivity contribution < 1.29 is 19.2 Å². The monoisotopic (exact) mass is 227 g/mol. The lowest BCUT2D eigenvalue weighted by Gasteiger charge is -2.14. The van der Waals surface area contributed by atoms with Gasteiger partial charge in [-0.2, -0.15) is 0 Å². The van der Waals surface area contributed by atoms with E-state index in [4.69, 9.17) is 5.11 Å². The topological polar surface area (TPSA) is 95.7 Å². The van der Waals surface area contributed by atoms with Gasteiger partial charge in [-0.1, -0.05) is 5.16 Å². The van der Waals surface area contributed by atoms with E-state index < -0.39 is 5.97 Å². The average molecular weight is 227 g/mol. The second-order valence-electron chi connectivity index (χ2n) is 3.21. The van der Waals surface area contributed by atoms with Crippen molar-refractivity contribution in [2.24, 2.45) is 0 Å². The molecule has 0 aliphatic rings. The van der Waals surface area contributed by atoms with Crippen molar-refractivity contribution in [2.75, 3.05) is 27.2 Å². The molecule has 1 amide bonds. The summed E-state index contributed by atoms with van der Waals surface area (Å²) < 4.78 is 4.49. The van der Waals surface area contributed by atoms with E-state index >= 15 is 0 Å². The van der Waals surface area contributed by atoms with Gasteiger partial charge in [0, 0.05) is 26.2 Å². The summed E-state index contributed by atoms with van der Waals surface area (Å²) in [4.78, 5) is 23.6. The Kier molecular flexibility index (Phi) is 4.01. The maximum Gasteiger partial charge on any atom is 0.374 e. The average Bonchev–Trinajstić information content (AvgIpc) is 2.74. The lowest BCUT2D eigenvalue weighted by Crippen LogP contribution is -2.32. The second kappa shape index (κ2) is 5.26. The first-order valence-electron chi connectivity index (χ1n) is 4.66. The third-order valence-electron chi connectivity index (χ3n) is 1.98. The van der Waals surface area contributed by atoms with Gasteiger partial charge in [0.2, 0.25) is 5.76 Å². The van der Waals surface area contributed by atoms with Crippen LogP contribution < -0.4 is 5.32 Å². The van der Waals surface area contributed by atoms with Gasteiger partial charge < -0.3 is 19.8 Å². The number of rotatable bonds is 5. The summed E-state index contributed by atoms with van der Waals surface area (Å²) >= 11 is 0. The number of nitrogens with one attached hydrogen (secondary N) is 1. The number of nitrogens with zero attached hydrogens (tertiary/aromatic N) is 2. The van der Waals surface area contributed by atoms with Crippen LogP contribution in [0.25, 0.3) is 0 Å². The van der Waals surface area contributed by atoms with Crippen LogP contribution in [0.3, 0.4) is 0 Å². The molecule has 0 bridgehead atoms. The standard InChI is InChI=1S/C9H13N3O4/c1-10-3-4-12(2)8(13)6-5-7(9(14)15)16-11-6/h5,10H,3-4H2,1-2H3,(H,14,15). The number of carbonyl (C=O) groups excluding carboxylic acids is 1. The molecule has 1 aromatic rings. The number of aromatic carboxylic acids is 1. The maximum absolute atomic E-state index is 11.7. The Hall–Kier alpha value is -1.89. The molecular weight excluding hydrogens is 214 g/mol. The van der Waals surface area contributed by atoms with Gasteiger partial charge in [-0.3, -0.25) is 4.79 Å². The highest BCUT2D eigenvalue weighted by molar-refractivity contribution is 5.94. The van der Waals surface area contributed by atoms with Crippen LogP contribution in [0.5, 0.6) is 0 Å². The number of carboxylic acid groups (broad SMARTS) is 1. The Labute approximate surface area is 92.0 Å². The Morgan fingerprint density at radius 3 is 2.81 bits per heavy atom. The molecule has 0 aliphatic carbocycles. The number of hydrogen-bond acceptors (Lipinski definition) is 5. The Bertz CT molecular complexity index is 388. The lowest BCUT2D eigenvalue weighted by molar-refractivity contribution is 0.0649. The maximum atomic E-state index is 11.7. The van der Waals surface area contributed by atoms with E-state index in [1.54, 1.807) is 14.1 Å². The summed E-state index contributed by atoms with van der Waals surface area (Å²) in [6.07, 6.45) is 0. The number of likely N-dealkylation sites (N-methyl/N-ethyl adjacent to an activating group) is 2. The van der Waals surface area contributed by atoms with Crippen LogP contribution >= 0.6 is 0 Å². The Balaban J connectivity index is 2.68. The van der Waals surface area contributed by atoms with Crippen molar-refractivity contribution in [3.63, 3.8) is 0 Å². The van der Waals surface area contributed by atoms with E-state index in [2.05, 4.69) is 15.0 Å². The predicted molar refractivity (Wildman–Crippen MR) is 54.3 cm³/mol. The molecule has 16 heavy (non-hydrogen) atoms. The lowest BCUT2D eigenvalue weighted by atomic mass is 10.3. The third-order valence-corrected chi connectivity index (χ3v) is 1.98. The highest BCUT2D eigenvalue weighted by atomic mass is 16.5. The molecule has 0 saturated carbocycles. The van der Waals surface area contributed by atoms with Gasteiger partial charge in [0.25, 0.3) is 5.91 Å². The molecule has 0 atom stereocenters. The molecule has 2 N–H and O–H groups in total. The summed E-state index contributed by atoms with van der Waals surface area (Å²) in [7, 11) is 3.38. The Morgan fingerprint density at radius 2 is 2.31 bits per heavy atom. The smallest absolute Gasteiger partial charge is 0.374 e. The van der Waals surface area contributed by atoms with Crippen LogP contribution in [0.2, 0.25) is 0 Å². The molecule has 0 unspecified atom stereocenters. The summed E-state index contributed by atoms with van der Waals surface area (Å²) in [5.74, 6) is -1.96. The SMILES string of the molecule is CNCCN(C)C(=O)c1cc(C(=O)O)on1. The molecule has 0 fully saturated rings. The van der Waals surface area contributed by atoms with Crippen molar-refractivity contribution >= 4 is 11.9 Å². The van der Waals surface area contributed by atoms with Crippen LogP contribution in [0.4, 0.5) is 0 Å². The summed E-state index contributed by atoms with van der Waals surface area (Å²) in [5, 5.41) is 14.9. The highest BCUT2D eigenvalue weighted by Gasteiger charge is 2.19. The minimum absolute atomic E-state index is 0.00370. The molecule has 7 nitrogen and oxygen atoms in total. The van der Waals surface area contributed by atoms with E-state index in [1.807, 2.05) is 0 Å². The molecule has 1 heterocycles. The van der Waals surface area contributed by atoms with Crippen molar-refractivity contribution in [2.45, 2.75) is 0 Å². The fraction of sp³-hybridized carbons (Fsp3) is 0.444. The van der Waals surface area contributed by atoms with E-state index in [0.29, 0.717) is 13.1 Å². The van der Waals surface area contributed by atoms with Crippen LogP contribution in [0, 0.1) is 0 Å². The highest BCUT2D eigenvalue weighted by Crippen LogP contribution is 2.05. The van der Waals surface area contributed by atoms with Gasteiger partial charge in [0.15, 0.2) is 5.69 Å². The zero-order valence-electron chi connectivity index (χ0n) is 9.06. The third kappa shape index (κ3) is 2.80. The first-order chi connectivity index (χ1) is 7.56. The molecule has 7 heteroatoms. The fourth-order valence-corrected chi connectivity index (χ4v) is 1.05. The summed E-state index contributed by atoms with van der Waals surface area (Å²) in [6, 6.07) is 1.11. The van der Waals surface area contributed by atoms with Crippen LogP contribution in [0.1, 0.15) is 21.0 Å². The zero-order valence-corrected chi connectivity index (χ0v) is 9.06. The quantitative estimate of drug-likeness (QED) is 0.714. The largest absolute Gasteiger partial charge is 0.475 e. The van der Waals surface area contributed by atoms with Crippen molar-refractivity contribution in [3.8, 4) is 0 Å². The first kappa shape index (κ1) is 12.2. The number of amides is 1. The molecule has 88 valence electrons. The molecule has 1 rings (SSSR count). The van der Waals surface area contributed by atoms with Crippen LogP contribution in [-0.2, 0) is 0 Å². The van der Waals surface area contributed by atoms with Gasteiger partial charge in [-0.15, -0.1) is 0 Å². The van der Waals surface area contributed by atoms with E-state index in [9.17, 15) is 9.59 Å². The molecular formula is C9H13N3O4. The first-order valence-corrected chi connectivity index (χ1v) is 4.66. The van der Waals surface area contributed by atoms with Crippen LogP contribution in [-0.4, -0.2) is 54.2 Å². The van der Waals surface area contributed by atoms with Gasteiger partial charge in [0.1, 0.15) is 0 Å². The van der Waals surface area contributed by atoms with Gasteiger partial charge in [-0.25, -0.2) is 4.79 Å². The van der Waals surface area contributed by atoms with E-state index in [1.165, 1.54) is 4.90 Å². The molecule has 0 aliphatic heterocycles. The van der Waals surface area contributed by atoms with Crippen molar-refractivity contribution in [3.05, 3.63) is 17.5 Å². The van der Waals surface area contributed by atoms with E-state index in [-0.39, 0.29) is 17.4 Å². The fourth-order valence-electron chi connectivity index (χ4n) is 1.05. The molecule has 0 radical (unpaired) electrons. The molecule has 0 spiro atoms. The van der Waals surface area contributed by atoms with Crippen molar-refractivity contribution in [1.82, 2.24) is 15.4 Å². The van der Waals surface area contributed by atoms with Gasteiger partial charge in [-0.05, 0) is 7.05 Å². The minimum atomic E-state index is -1.25. The van der Waals surface area contributed by atoms with Crippen LogP contribution in [0.15, 0.2) is 10.6 Å². The Morgan fingerprint density at radius 1 is 1.62 bits per heavy atom. The molecule has 1 aromatic heterocycles. The number of aromatic nitrogens is 1. The number of carbonyl (C=O) groups is 2. The molecule has 0 saturated heterocycles. The zero-order chi connectivity index (χ0) is 12.1. The summed E-state index contributed by atoms with van der Waals surface area (Å²) in [5.41, 5.74) is -0.00370. The minimum Gasteiger partial charge on any atom is -0.475 e. The number of hydrogen-bond donors (Lipinski definition) is 2. The van der Waals surface area contributed by atoms with Gasteiger partial charge >= 0.3 is 5.97 Å². The normalized spacial score (nSPS) is 10.1.